The van der Waals surface area contributed by atoms with Gasteiger partial charge in [-0.2, -0.15) is 0 Å². The summed E-state index contributed by atoms with van der Waals surface area (Å²) in [4.78, 5) is 26.3. The molecule has 0 saturated carbocycles. The lowest BCUT2D eigenvalue weighted by molar-refractivity contribution is 0.0646. The molecule has 2 N–H and O–H groups in total. The molecule has 5 nitrogen and oxygen atoms in total. The van der Waals surface area contributed by atoms with Crippen molar-refractivity contribution in [1.29, 1.82) is 0 Å². The minimum atomic E-state index is -1.05. The van der Waals surface area contributed by atoms with Crippen LogP contribution in [0.25, 0.3) is 0 Å². The van der Waals surface area contributed by atoms with Crippen molar-refractivity contribution in [2.24, 2.45) is 0 Å². The first kappa shape index (κ1) is 8.80. The Morgan fingerprint density at radius 3 is 2.36 bits per heavy atom. The zero-order valence-electron chi connectivity index (χ0n) is 7.49. The maximum Gasteiger partial charge on any atom is 0.352 e. The SMILES string of the molecule is O=C(O)c1ccc(C(=O)N2CCC2)[nH]1. The van der Waals surface area contributed by atoms with Crippen LogP contribution in [0.2, 0.25) is 0 Å². The average Bonchev–Trinajstić information content (AvgIpc) is 2.48. The van der Waals surface area contributed by atoms with Gasteiger partial charge in [0.15, 0.2) is 0 Å². The molecule has 2 heterocycles. The number of carboxylic acids is 1. The predicted molar refractivity (Wildman–Crippen MR) is 48.3 cm³/mol. The highest BCUT2D eigenvalue weighted by molar-refractivity contribution is 5.95. The molecule has 1 aromatic heterocycles. The molecule has 0 atom stereocenters. The molecule has 1 saturated heterocycles. The van der Waals surface area contributed by atoms with Gasteiger partial charge in [-0.3, -0.25) is 4.79 Å². The first-order chi connectivity index (χ1) is 6.68. The molecule has 2 rings (SSSR count). The number of carboxylic acid groups (broad SMARTS) is 1. The van der Waals surface area contributed by atoms with Crippen LogP contribution < -0.4 is 0 Å². The molecule has 5 heteroatoms. The smallest absolute Gasteiger partial charge is 0.352 e. The number of aromatic carboxylic acids is 1. The fourth-order valence-electron chi connectivity index (χ4n) is 1.33. The molecule has 0 bridgehead atoms. The number of nitrogens with one attached hydrogen (secondary N) is 1. The molecule has 0 spiro atoms. The van der Waals surface area contributed by atoms with E-state index in [1.54, 1.807) is 4.90 Å². The van der Waals surface area contributed by atoms with Gasteiger partial charge < -0.3 is 15.0 Å². The second-order valence-corrected chi connectivity index (χ2v) is 3.24. The number of hydrogen-bond donors (Lipinski definition) is 2. The minimum Gasteiger partial charge on any atom is -0.477 e. The Hall–Kier alpha value is -1.78. The van der Waals surface area contributed by atoms with E-state index in [1.807, 2.05) is 0 Å². The van der Waals surface area contributed by atoms with E-state index in [2.05, 4.69) is 4.98 Å². The predicted octanol–water partition coefficient (Wildman–Crippen LogP) is 0.559. The summed E-state index contributed by atoms with van der Waals surface area (Å²) in [5.74, 6) is -1.17. The van der Waals surface area contributed by atoms with Crippen molar-refractivity contribution >= 4 is 11.9 Å². The minimum absolute atomic E-state index is 0.0499. The zero-order valence-corrected chi connectivity index (χ0v) is 7.49. The Labute approximate surface area is 80.3 Å². The van der Waals surface area contributed by atoms with Crippen LogP contribution in [-0.4, -0.2) is 40.0 Å². The van der Waals surface area contributed by atoms with Crippen molar-refractivity contribution in [1.82, 2.24) is 9.88 Å². The molecule has 0 radical (unpaired) electrons. The summed E-state index contributed by atoms with van der Waals surface area (Å²) in [7, 11) is 0. The largest absolute Gasteiger partial charge is 0.477 e. The molecule has 1 aliphatic rings. The molecule has 1 amide bonds. The van der Waals surface area contributed by atoms with Gasteiger partial charge in [0.1, 0.15) is 11.4 Å². The van der Waals surface area contributed by atoms with Gasteiger partial charge in [-0.15, -0.1) is 0 Å². The van der Waals surface area contributed by atoms with Crippen LogP contribution in [0, 0.1) is 0 Å². The standard InChI is InChI=1S/C9H10N2O3/c12-8(11-4-1-5-11)6-2-3-7(10-6)9(13)14/h2-3,10H,1,4-5H2,(H,13,14). The lowest BCUT2D eigenvalue weighted by atomic mass is 10.2. The highest BCUT2D eigenvalue weighted by atomic mass is 16.4. The molecular weight excluding hydrogens is 184 g/mol. The summed E-state index contributed by atoms with van der Waals surface area (Å²) < 4.78 is 0. The Bertz CT molecular complexity index is 379. The molecule has 1 aromatic rings. The van der Waals surface area contributed by atoms with E-state index >= 15 is 0 Å². The maximum absolute atomic E-state index is 11.6. The molecular formula is C9H10N2O3. The van der Waals surface area contributed by atoms with Gasteiger partial charge in [-0.1, -0.05) is 0 Å². The highest BCUT2D eigenvalue weighted by Gasteiger charge is 2.23. The van der Waals surface area contributed by atoms with E-state index in [9.17, 15) is 9.59 Å². The van der Waals surface area contributed by atoms with Gasteiger partial charge in [0.05, 0.1) is 0 Å². The first-order valence-electron chi connectivity index (χ1n) is 4.40. The number of aromatic nitrogens is 1. The van der Waals surface area contributed by atoms with Crippen LogP contribution in [0.5, 0.6) is 0 Å². The normalized spacial score (nSPS) is 15.0. The van der Waals surface area contributed by atoms with Crippen molar-refractivity contribution < 1.29 is 14.7 Å². The monoisotopic (exact) mass is 194 g/mol. The summed E-state index contributed by atoms with van der Waals surface area (Å²) in [5.41, 5.74) is 0.399. The van der Waals surface area contributed by atoms with Crippen LogP contribution in [0.3, 0.4) is 0 Å². The lowest BCUT2D eigenvalue weighted by Gasteiger charge is -2.30. The fraction of sp³-hybridized carbons (Fsp3) is 0.333. The molecule has 0 unspecified atom stereocenters. The number of likely N-dealkylation sites (tertiary alicyclic amines) is 1. The molecule has 1 fully saturated rings. The number of carbonyl (C=O) groups is 2. The van der Waals surface area contributed by atoms with Crippen LogP contribution >= 0.6 is 0 Å². The highest BCUT2D eigenvalue weighted by Crippen LogP contribution is 2.12. The topological polar surface area (TPSA) is 73.4 Å². The lowest BCUT2D eigenvalue weighted by Crippen LogP contribution is -2.42. The number of rotatable bonds is 2. The maximum atomic E-state index is 11.6. The molecule has 0 aliphatic carbocycles. The first-order valence-corrected chi connectivity index (χ1v) is 4.40. The van der Waals surface area contributed by atoms with Crippen LogP contribution in [0.4, 0.5) is 0 Å². The van der Waals surface area contributed by atoms with Crippen molar-refractivity contribution in [3.8, 4) is 0 Å². The Morgan fingerprint density at radius 2 is 1.93 bits per heavy atom. The Kier molecular flexibility index (Phi) is 1.99. The zero-order chi connectivity index (χ0) is 10.1. The van der Waals surface area contributed by atoms with Crippen LogP contribution in [-0.2, 0) is 0 Å². The van der Waals surface area contributed by atoms with E-state index in [1.165, 1.54) is 12.1 Å². The summed E-state index contributed by atoms with van der Waals surface area (Å²) in [6.07, 6.45) is 1.03. The van der Waals surface area contributed by atoms with Gasteiger partial charge >= 0.3 is 5.97 Å². The fourth-order valence-corrected chi connectivity index (χ4v) is 1.33. The van der Waals surface area contributed by atoms with Crippen molar-refractivity contribution in [3.63, 3.8) is 0 Å². The molecule has 0 aromatic carbocycles. The van der Waals surface area contributed by atoms with Gasteiger partial charge in [0.25, 0.3) is 5.91 Å². The van der Waals surface area contributed by atoms with E-state index in [4.69, 9.17) is 5.11 Å². The summed E-state index contributed by atoms with van der Waals surface area (Å²) in [6.45, 7) is 1.53. The van der Waals surface area contributed by atoms with E-state index in [-0.39, 0.29) is 11.6 Å². The average molecular weight is 194 g/mol. The second-order valence-electron chi connectivity index (χ2n) is 3.24. The van der Waals surface area contributed by atoms with Crippen LogP contribution in [0.15, 0.2) is 12.1 Å². The third-order valence-corrected chi connectivity index (χ3v) is 2.29. The van der Waals surface area contributed by atoms with Crippen molar-refractivity contribution in [3.05, 3.63) is 23.5 Å². The summed E-state index contributed by atoms with van der Waals surface area (Å²) >= 11 is 0. The van der Waals surface area contributed by atoms with Crippen LogP contribution in [0.1, 0.15) is 27.4 Å². The Balaban J connectivity index is 2.15. The van der Waals surface area contributed by atoms with Crippen molar-refractivity contribution in [2.75, 3.05) is 13.1 Å². The number of aromatic amines is 1. The van der Waals surface area contributed by atoms with E-state index in [0.29, 0.717) is 5.69 Å². The number of hydrogen-bond acceptors (Lipinski definition) is 2. The van der Waals surface area contributed by atoms with Gasteiger partial charge in [0, 0.05) is 13.1 Å². The van der Waals surface area contributed by atoms with Gasteiger partial charge in [0.2, 0.25) is 0 Å². The molecule has 14 heavy (non-hydrogen) atoms. The molecule has 1 aliphatic heterocycles. The quantitative estimate of drug-likeness (QED) is 0.722. The van der Waals surface area contributed by atoms with E-state index in [0.717, 1.165) is 19.5 Å². The third-order valence-electron chi connectivity index (χ3n) is 2.29. The third kappa shape index (κ3) is 1.37. The van der Waals surface area contributed by atoms with Gasteiger partial charge in [-0.05, 0) is 18.6 Å². The number of H-pyrrole nitrogens is 1. The Morgan fingerprint density at radius 1 is 1.29 bits per heavy atom. The number of carbonyl (C=O) groups excluding carboxylic acids is 1. The van der Waals surface area contributed by atoms with Crippen molar-refractivity contribution in [2.45, 2.75) is 6.42 Å². The number of amides is 1. The number of nitrogens with zero attached hydrogens (tertiary/aromatic N) is 1. The summed E-state index contributed by atoms with van der Waals surface area (Å²) in [6, 6.07) is 2.90. The summed E-state index contributed by atoms with van der Waals surface area (Å²) in [5, 5.41) is 8.63. The van der Waals surface area contributed by atoms with Gasteiger partial charge in [-0.25, -0.2) is 4.79 Å². The second kappa shape index (κ2) is 3.17. The van der Waals surface area contributed by atoms with E-state index < -0.39 is 5.97 Å². The molecule has 74 valence electrons.